The van der Waals surface area contributed by atoms with Gasteiger partial charge in [0.05, 0.1) is 66.9 Å². The SMILES string of the molecule is CCC1=C(C)c2nc1c1[nH]c(c3nc(c4[nH]c(c(C)c4CC)c4[nH]c(c(CC)c4C)c4[nH]c2c(C)c4CC)C(CC)=C3C)c(C)c1CC. The number of rotatable bonds is 6. The van der Waals surface area contributed by atoms with E-state index in [1.54, 1.807) is 0 Å². The lowest BCUT2D eigenvalue weighted by molar-refractivity contribution is 1.13. The third-order valence-electron chi connectivity index (χ3n) is 11.7. The lowest BCUT2D eigenvalue weighted by Crippen LogP contribution is -1.88. The predicted molar refractivity (Wildman–Crippen MR) is 207 cm³/mol. The van der Waals surface area contributed by atoms with Crippen molar-refractivity contribution in [2.45, 2.75) is 122 Å². The molecule has 7 rings (SSSR count). The average Bonchev–Trinajstić information content (AvgIpc) is 3.89. The Balaban J connectivity index is 1.83. The van der Waals surface area contributed by atoms with Gasteiger partial charge < -0.3 is 19.9 Å². The molecule has 0 spiro atoms. The van der Waals surface area contributed by atoms with E-state index in [0.717, 1.165) is 83.4 Å². The molecular formula is C42H52N6. The van der Waals surface area contributed by atoms with E-state index in [2.05, 4.69) is 103 Å². The Labute approximate surface area is 284 Å². The summed E-state index contributed by atoms with van der Waals surface area (Å²) in [5.41, 5.74) is 29.3. The third-order valence-corrected chi connectivity index (χ3v) is 11.7. The Morgan fingerprint density at radius 3 is 0.979 bits per heavy atom. The van der Waals surface area contributed by atoms with Crippen molar-refractivity contribution in [2.24, 2.45) is 0 Å². The van der Waals surface area contributed by atoms with Crippen LogP contribution in [0.1, 0.15) is 136 Å². The first kappa shape index (κ1) is 32.2. The molecule has 4 N–H and O–H groups in total. The molecule has 6 nitrogen and oxygen atoms in total. The fraction of sp³-hybridized carbons (Fsp3) is 0.429. The first-order valence-electron chi connectivity index (χ1n) is 18.3. The number of aromatic nitrogens is 6. The standard InChI is InChI=1S/C42H52N6/c1-13-25-19(7)31-32-21(9)27(15-3)39(45-32)40-29(17-5)23(11)35(47-40)36-24(12)30(18-6)42(48-36)41-28(16-4)22(10)34(46-41)33-20(8)26(14-2)38(44-33)37(25)43-31/h43-45,48H,13-18H2,1-12H3. The zero-order valence-electron chi connectivity index (χ0n) is 31.1. The number of hydrogen-bond donors (Lipinski definition) is 4. The van der Waals surface area contributed by atoms with Gasteiger partial charge in [-0.15, -0.1) is 0 Å². The molecule has 0 unspecified atom stereocenters. The van der Waals surface area contributed by atoms with Crippen LogP contribution in [0.3, 0.4) is 0 Å². The van der Waals surface area contributed by atoms with Gasteiger partial charge in [0.2, 0.25) is 0 Å². The molecule has 6 heteroatoms. The molecular weight excluding hydrogens is 589 g/mol. The smallest absolute Gasteiger partial charge is 0.0910 e. The fourth-order valence-corrected chi connectivity index (χ4v) is 9.04. The summed E-state index contributed by atoms with van der Waals surface area (Å²) in [6.07, 6.45) is 5.59. The van der Waals surface area contributed by atoms with Crippen LogP contribution in [0.25, 0.3) is 66.4 Å². The molecule has 0 amide bonds. The number of fused-ring (bicyclic) bond motifs is 18. The summed E-state index contributed by atoms with van der Waals surface area (Å²) in [5.74, 6) is 0. The van der Waals surface area contributed by atoms with Crippen LogP contribution in [0.15, 0.2) is 0 Å². The van der Waals surface area contributed by atoms with Gasteiger partial charge >= 0.3 is 0 Å². The van der Waals surface area contributed by atoms with Crippen molar-refractivity contribution in [3.63, 3.8) is 0 Å². The fourth-order valence-electron chi connectivity index (χ4n) is 9.04. The summed E-state index contributed by atoms with van der Waals surface area (Å²) < 4.78 is 0. The van der Waals surface area contributed by atoms with E-state index in [4.69, 9.17) is 9.97 Å². The van der Waals surface area contributed by atoms with Crippen LogP contribution in [0.2, 0.25) is 0 Å². The first-order chi connectivity index (χ1) is 23.1. The minimum absolute atomic E-state index is 0.920. The van der Waals surface area contributed by atoms with Crippen molar-refractivity contribution in [2.75, 3.05) is 0 Å². The van der Waals surface area contributed by atoms with Gasteiger partial charge in [-0.05, 0) is 147 Å². The molecule has 0 atom stereocenters. The van der Waals surface area contributed by atoms with Crippen LogP contribution < -0.4 is 0 Å². The molecule has 7 heterocycles. The molecule has 0 saturated heterocycles. The van der Waals surface area contributed by atoms with E-state index in [9.17, 15) is 0 Å². The van der Waals surface area contributed by atoms with Gasteiger partial charge in [-0.25, -0.2) is 9.97 Å². The highest BCUT2D eigenvalue weighted by Crippen LogP contribution is 2.43. The predicted octanol–water partition coefficient (Wildman–Crippen LogP) is 11.4. The summed E-state index contributed by atoms with van der Waals surface area (Å²) in [5, 5.41) is 0. The number of aryl methyl sites for hydroxylation is 8. The quantitative estimate of drug-likeness (QED) is 0.149. The van der Waals surface area contributed by atoms with Crippen LogP contribution in [-0.2, 0) is 25.7 Å². The number of allylic oxidation sites excluding steroid dienone is 4. The Bertz CT molecular complexity index is 2410. The van der Waals surface area contributed by atoms with Gasteiger partial charge in [-0.2, -0.15) is 0 Å². The average molecular weight is 641 g/mol. The zero-order valence-corrected chi connectivity index (χ0v) is 31.1. The van der Waals surface area contributed by atoms with Gasteiger partial charge in [0.15, 0.2) is 0 Å². The molecule has 0 saturated carbocycles. The zero-order chi connectivity index (χ0) is 34.3. The number of aromatic amines is 4. The molecule has 12 bridgehead atoms. The Kier molecular flexibility index (Phi) is 7.84. The molecule has 2 aliphatic heterocycles. The summed E-state index contributed by atoms with van der Waals surface area (Å²) in [7, 11) is 0. The molecule has 0 radical (unpaired) electrons. The van der Waals surface area contributed by atoms with Crippen LogP contribution in [0.5, 0.6) is 0 Å². The second kappa shape index (κ2) is 11.7. The topological polar surface area (TPSA) is 88.9 Å². The summed E-state index contributed by atoms with van der Waals surface area (Å²) in [4.78, 5) is 26.9. The van der Waals surface area contributed by atoms with Crippen molar-refractivity contribution >= 4 is 66.4 Å². The van der Waals surface area contributed by atoms with Crippen molar-refractivity contribution in [1.82, 2.24) is 29.9 Å². The third kappa shape index (κ3) is 4.23. The van der Waals surface area contributed by atoms with E-state index in [1.165, 1.54) is 88.9 Å². The van der Waals surface area contributed by atoms with E-state index in [-0.39, 0.29) is 0 Å². The molecule has 48 heavy (non-hydrogen) atoms. The number of hydrogen-bond acceptors (Lipinski definition) is 2. The lowest BCUT2D eigenvalue weighted by atomic mass is 9.99. The van der Waals surface area contributed by atoms with Gasteiger partial charge in [0, 0.05) is 0 Å². The number of nitrogens with one attached hydrogen (secondary N) is 4. The van der Waals surface area contributed by atoms with Crippen molar-refractivity contribution in [1.29, 1.82) is 0 Å². The second-order valence-electron chi connectivity index (χ2n) is 13.9. The maximum atomic E-state index is 5.52. The van der Waals surface area contributed by atoms with E-state index < -0.39 is 0 Å². The van der Waals surface area contributed by atoms with E-state index >= 15 is 0 Å². The molecule has 2 aliphatic rings. The van der Waals surface area contributed by atoms with Crippen molar-refractivity contribution in [3.8, 4) is 0 Å². The highest BCUT2D eigenvalue weighted by molar-refractivity contribution is 6.05. The maximum Gasteiger partial charge on any atom is 0.0910 e. The number of H-pyrrole nitrogens is 4. The molecule has 0 fully saturated rings. The highest BCUT2D eigenvalue weighted by Gasteiger charge is 2.27. The first-order valence-corrected chi connectivity index (χ1v) is 18.3. The van der Waals surface area contributed by atoms with E-state index in [1.807, 2.05) is 0 Å². The molecule has 5 aromatic rings. The Morgan fingerprint density at radius 1 is 0.333 bits per heavy atom. The van der Waals surface area contributed by atoms with Crippen LogP contribution in [0.4, 0.5) is 0 Å². The van der Waals surface area contributed by atoms with Gasteiger partial charge in [0.1, 0.15) is 0 Å². The minimum Gasteiger partial charge on any atom is -0.352 e. The van der Waals surface area contributed by atoms with Crippen LogP contribution in [-0.4, -0.2) is 29.9 Å². The Morgan fingerprint density at radius 2 is 0.625 bits per heavy atom. The van der Waals surface area contributed by atoms with Gasteiger partial charge in [-0.1, -0.05) is 41.5 Å². The number of nitrogens with zero attached hydrogens (tertiary/aromatic N) is 2. The summed E-state index contributed by atoms with van der Waals surface area (Å²) in [6.45, 7) is 27.2. The second-order valence-corrected chi connectivity index (χ2v) is 13.9. The molecule has 0 aliphatic carbocycles. The largest absolute Gasteiger partial charge is 0.352 e. The highest BCUT2D eigenvalue weighted by atomic mass is 14.9. The molecule has 250 valence electrons. The van der Waals surface area contributed by atoms with Gasteiger partial charge in [0.25, 0.3) is 0 Å². The normalized spacial score (nSPS) is 13.8. The van der Waals surface area contributed by atoms with Crippen molar-refractivity contribution in [3.05, 3.63) is 67.3 Å². The molecule has 5 aromatic heterocycles. The summed E-state index contributed by atoms with van der Waals surface area (Å²) >= 11 is 0. The maximum absolute atomic E-state index is 5.52. The van der Waals surface area contributed by atoms with E-state index in [0.29, 0.717) is 0 Å². The minimum atomic E-state index is 0.920. The van der Waals surface area contributed by atoms with Gasteiger partial charge in [-0.3, -0.25) is 0 Å². The molecule has 0 aromatic carbocycles. The monoisotopic (exact) mass is 640 g/mol. The van der Waals surface area contributed by atoms with Crippen LogP contribution in [0, 0.1) is 27.7 Å². The van der Waals surface area contributed by atoms with Crippen molar-refractivity contribution < 1.29 is 0 Å². The lowest BCUT2D eigenvalue weighted by Gasteiger charge is -2.02. The summed E-state index contributed by atoms with van der Waals surface area (Å²) in [6, 6.07) is 0. The van der Waals surface area contributed by atoms with Crippen LogP contribution >= 0.6 is 0 Å². The Hall–Kier alpha value is -4.32.